The number of nitrogens with zero attached hydrogens (tertiary/aromatic N) is 1. The van der Waals surface area contributed by atoms with Crippen LogP contribution in [0.2, 0.25) is 0 Å². The topological polar surface area (TPSA) is 84.9 Å². The first-order valence-corrected chi connectivity index (χ1v) is 8.37. The number of amides is 2. The molecule has 0 saturated carbocycles. The van der Waals surface area contributed by atoms with Gasteiger partial charge in [0, 0.05) is 12.6 Å². The van der Waals surface area contributed by atoms with Crippen molar-refractivity contribution in [1.29, 1.82) is 0 Å². The van der Waals surface area contributed by atoms with E-state index in [1.165, 1.54) is 12.0 Å². The number of methoxy groups -OCH3 is 1. The number of benzene rings is 2. The van der Waals surface area contributed by atoms with E-state index in [2.05, 4.69) is 5.32 Å². The summed E-state index contributed by atoms with van der Waals surface area (Å²) in [6, 6.07) is 16.8. The number of ether oxygens (including phenoxy) is 2. The Morgan fingerprint density at radius 3 is 2.19 bits per heavy atom. The molecular weight excluding hydrogens is 348 g/mol. The molecule has 0 bridgehead atoms. The van der Waals surface area contributed by atoms with Gasteiger partial charge in [0.15, 0.2) is 0 Å². The van der Waals surface area contributed by atoms with Gasteiger partial charge in [0.1, 0.15) is 12.6 Å². The van der Waals surface area contributed by atoms with Gasteiger partial charge in [-0.3, -0.25) is 4.79 Å². The van der Waals surface area contributed by atoms with Gasteiger partial charge in [-0.2, -0.15) is 0 Å². The van der Waals surface area contributed by atoms with Crippen LogP contribution in [-0.4, -0.2) is 49.6 Å². The van der Waals surface area contributed by atoms with Crippen LogP contribution in [0.1, 0.15) is 15.9 Å². The average Bonchev–Trinajstić information content (AvgIpc) is 2.71. The molecule has 142 valence electrons. The number of nitrogens with one attached hydrogen (secondary N) is 1. The molecule has 0 fully saturated rings. The van der Waals surface area contributed by atoms with Crippen LogP contribution in [0.5, 0.6) is 0 Å². The lowest BCUT2D eigenvalue weighted by molar-refractivity contribution is -0.143. The lowest BCUT2D eigenvalue weighted by Gasteiger charge is -2.23. The summed E-state index contributed by atoms with van der Waals surface area (Å²) < 4.78 is 9.83. The van der Waals surface area contributed by atoms with Crippen LogP contribution in [0.4, 0.5) is 4.79 Å². The molecular formula is C20H22N2O5. The first kappa shape index (κ1) is 20.0. The number of rotatable bonds is 7. The molecule has 2 amide bonds. The van der Waals surface area contributed by atoms with Crippen LogP contribution in [0.25, 0.3) is 0 Å². The van der Waals surface area contributed by atoms with Gasteiger partial charge < -0.3 is 19.7 Å². The first-order chi connectivity index (χ1) is 13.0. The third kappa shape index (κ3) is 6.14. The van der Waals surface area contributed by atoms with Crippen molar-refractivity contribution < 1.29 is 23.9 Å². The summed E-state index contributed by atoms with van der Waals surface area (Å²) in [4.78, 5) is 37.8. The molecule has 2 rings (SSSR count). The van der Waals surface area contributed by atoms with E-state index >= 15 is 0 Å². The average molecular weight is 370 g/mol. The summed E-state index contributed by atoms with van der Waals surface area (Å²) in [7, 11) is 2.76. The molecule has 0 saturated heterocycles. The SMILES string of the molecule is COC(=O)C(CN(C)C(=O)c1ccccc1)NC(=O)OCc1ccccc1. The van der Waals surface area contributed by atoms with E-state index in [1.807, 2.05) is 30.3 Å². The third-order valence-corrected chi connectivity index (χ3v) is 3.81. The Balaban J connectivity index is 1.95. The molecule has 0 heterocycles. The smallest absolute Gasteiger partial charge is 0.408 e. The molecule has 1 N–H and O–H groups in total. The highest BCUT2D eigenvalue weighted by atomic mass is 16.6. The second-order valence-corrected chi connectivity index (χ2v) is 5.83. The van der Waals surface area contributed by atoms with Crippen molar-refractivity contribution in [3.05, 3.63) is 71.8 Å². The number of carbonyl (C=O) groups is 3. The van der Waals surface area contributed by atoms with Gasteiger partial charge in [-0.05, 0) is 17.7 Å². The van der Waals surface area contributed by atoms with E-state index in [4.69, 9.17) is 9.47 Å². The summed E-state index contributed by atoms with van der Waals surface area (Å²) in [5, 5.41) is 2.45. The normalized spacial score (nSPS) is 11.2. The van der Waals surface area contributed by atoms with Crippen LogP contribution >= 0.6 is 0 Å². The Bertz CT molecular complexity index is 764. The van der Waals surface area contributed by atoms with Crippen LogP contribution in [0, 0.1) is 0 Å². The molecule has 7 nitrogen and oxygen atoms in total. The fraction of sp³-hybridized carbons (Fsp3) is 0.250. The maximum Gasteiger partial charge on any atom is 0.408 e. The molecule has 27 heavy (non-hydrogen) atoms. The number of hydrogen-bond donors (Lipinski definition) is 1. The molecule has 0 spiro atoms. The Hall–Kier alpha value is -3.35. The largest absolute Gasteiger partial charge is 0.467 e. The van der Waals surface area contributed by atoms with Crippen molar-refractivity contribution in [2.75, 3.05) is 20.7 Å². The monoisotopic (exact) mass is 370 g/mol. The van der Waals surface area contributed by atoms with E-state index in [1.54, 1.807) is 37.4 Å². The first-order valence-electron chi connectivity index (χ1n) is 8.37. The molecule has 0 aliphatic rings. The standard InChI is InChI=1S/C20H22N2O5/c1-22(18(23)16-11-7-4-8-12-16)13-17(19(24)26-2)21-20(25)27-14-15-9-5-3-6-10-15/h3-12,17H,13-14H2,1-2H3,(H,21,25). The van der Waals surface area contributed by atoms with Gasteiger partial charge in [0.25, 0.3) is 5.91 Å². The lowest BCUT2D eigenvalue weighted by atomic mass is 10.2. The van der Waals surface area contributed by atoms with E-state index in [9.17, 15) is 14.4 Å². The van der Waals surface area contributed by atoms with Crippen molar-refractivity contribution in [3.8, 4) is 0 Å². The maximum atomic E-state index is 12.4. The zero-order valence-electron chi connectivity index (χ0n) is 15.3. The second-order valence-electron chi connectivity index (χ2n) is 5.83. The summed E-state index contributed by atoms with van der Waals surface area (Å²) in [5.74, 6) is -0.941. The predicted octanol–water partition coefficient (Wildman–Crippen LogP) is 2.23. The van der Waals surface area contributed by atoms with Crippen molar-refractivity contribution in [2.45, 2.75) is 12.6 Å². The fourth-order valence-electron chi connectivity index (χ4n) is 2.39. The molecule has 7 heteroatoms. The lowest BCUT2D eigenvalue weighted by Crippen LogP contribution is -2.49. The molecule has 0 aliphatic carbocycles. The summed E-state index contributed by atoms with van der Waals surface area (Å²) in [6.07, 6.45) is -0.769. The van der Waals surface area contributed by atoms with E-state index < -0.39 is 18.1 Å². The van der Waals surface area contributed by atoms with Crippen LogP contribution in [-0.2, 0) is 20.9 Å². The van der Waals surface area contributed by atoms with Gasteiger partial charge in [0.05, 0.1) is 13.7 Å². The molecule has 0 aromatic heterocycles. The minimum Gasteiger partial charge on any atom is -0.467 e. The van der Waals surface area contributed by atoms with Gasteiger partial charge in [0.2, 0.25) is 0 Å². The number of esters is 1. The van der Waals surface area contributed by atoms with E-state index in [0.29, 0.717) is 5.56 Å². The fourth-order valence-corrected chi connectivity index (χ4v) is 2.39. The van der Waals surface area contributed by atoms with E-state index in [0.717, 1.165) is 5.56 Å². The Morgan fingerprint density at radius 2 is 1.59 bits per heavy atom. The summed E-state index contributed by atoms with van der Waals surface area (Å²) in [5.41, 5.74) is 1.30. The predicted molar refractivity (Wildman–Crippen MR) is 99.0 cm³/mol. The van der Waals surface area contributed by atoms with Crippen molar-refractivity contribution in [1.82, 2.24) is 10.2 Å². The van der Waals surface area contributed by atoms with Gasteiger partial charge in [-0.1, -0.05) is 48.5 Å². The zero-order chi connectivity index (χ0) is 19.6. The molecule has 1 unspecified atom stereocenters. The Labute approximate surface area is 157 Å². The highest BCUT2D eigenvalue weighted by Crippen LogP contribution is 2.05. The molecule has 1 atom stereocenters. The van der Waals surface area contributed by atoms with Gasteiger partial charge in [-0.15, -0.1) is 0 Å². The quantitative estimate of drug-likeness (QED) is 0.756. The number of likely N-dealkylation sites (N-methyl/N-ethyl adjacent to an activating group) is 1. The highest BCUT2D eigenvalue weighted by Gasteiger charge is 2.26. The van der Waals surface area contributed by atoms with Crippen molar-refractivity contribution in [2.24, 2.45) is 0 Å². The number of hydrogen-bond acceptors (Lipinski definition) is 5. The minimum atomic E-state index is -1.05. The van der Waals surface area contributed by atoms with Crippen molar-refractivity contribution in [3.63, 3.8) is 0 Å². The van der Waals surface area contributed by atoms with Gasteiger partial charge >= 0.3 is 12.1 Å². The molecule has 2 aromatic rings. The van der Waals surface area contributed by atoms with Crippen LogP contribution in [0.3, 0.4) is 0 Å². The van der Waals surface area contributed by atoms with E-state index in [-0.39, 0.29) is 19.1 Å². The van der Waals surface area contributed by atoms with Crippen molar-refractivity contribution >= 4 is 18.0 Å². The maximum absolute atomic E-state index is 12.4. The second kappa shape index (κ2) is 9.96. The van der Waals surface area contributed by atoms with Crippen LogP contribution < -0.4 is 5.32 Å². The summed E-state index contributed by atoms with van der Waals surface area (Å²) in [6.45, 7) is 0.0141. The molecule has 2 aromatic carbocycles. The van der Waals surface area contributed by atoms with Crippen LogP contribution in [0.15, 0.2) is 60.7 Å². The Kier molecular flexibility index (Phi) is 7.37. The minimum absolute atomic E-state index is 0.0547. The molecule has 0 radical (unpaired) electrons. The third-order valence-electron chi connectivity index (χ3n) is 3.81. The van der Waals surface area contributed by atoms with Gasteiger partial charge in [-0.25, -0.2) is 9.59 Å². The zero-order valence-corrected chi connectivity index (χ0v) is 15.3. The highest BCUT2D eigenvalue weighted by molar-refractivity contribution is 5.94. The number of alkyl carbamates (subject to hydrolysis) is 1. The molecule has 0 aliphatic heterocycles. The summed E-state index contributed by atoms with van der Waals surface area (Å²) >= 11 is 0. The number of carbonyl (C=O) groups excluding carboxylic acids is 3. The Morgan fingerprint density at radius 1 is 1.00 bits per heavy atom.